The van der Waals surface area contributed by atoms with Gasteiger partial charge in [0.2, 0.25) is 5.91 Å². The largest absolute Gasteiger partial charge is 0.339 e. The van der Waals surface area contributed by atoms with Crippen LogP contribution in [0.1, 0.15) is 34.5 Å². The Morgan fingerprint density at radius 3 is 2.41 bits per heavy atom. The van der Waals surface area contributed by atoms with E-state index in [1.807, 2.05) is 17.0 Å². The third-order valence-corrected chi connectivity index (χ3v) is 6.24. The van der Waals surface area contributed by atoms with Crippen molar-refractivity contribution < 1.29 is 14.0 Å². The van der Waals surface area contributed by atoms with Gasteiger partial charge in [-0.15, -0.1) is 0 Å². The maximum Gasteiger partial charge on any atom is 0.272 e. The molecule has 0 radical (unpaired) electrons. The standard InChI is InChI=1S/C24H23FN4O3/c25-17-8-7-16(13-21-18-3-1-2-4-19(18)22(30)27-26-21)20(14-17)24(32)29-11-9-28(10-12-29)23(31)15-5-6-15/h1-4,7-8,14-15H,5-6,9-13H2,(H,27,30). The van der Waals surface area contributed by atoms with Crippen molar-refractivity contribution in [3.05, 3.63) is 75.5 Å². The summed E-state index contributed by atoms with van der Waals surface area (Å²) in [5.74, 6) is -0.406. The number of fused-ring (bicyclic) bond motifs is 1. The van der Waals surface area contributed by atoms with E-state index in [2.05, 4.69) is 10.2 Å². The molecular formula is C24H23FN4O3. The molecule has 0 bridgehead atoms. The molecule has 1 aromatic heterocycles. The second kappa shape index (κ2) is 8.18. The molecule has 2 aromatic carbocycles. The number of halogens is 1. The van der Waals surface area contributed by atoms with Crippen molar-refractivity contribution in [1.29, 1.82) is 0 Å². The molecule has 0 atom stereocenters. The third kappa shape index (κ3) is 3.88. The molecule has 7 nitrogen and oxygen atoms in total. The number of H-pyrrole nitrogens is 1. The summed E-state index contributed by atoms with van der Waals surface area (Å²) in [5, 5.41) is 7.91. The monoisotopic (exact) mass is 434 g/mol. The van der Waals surface area contributed by atoms with Gasteiger partial charge in [0.05, 0.1) is 11.1 Å². The van der Waals surface area contributed by atoms with Gasteiger partial charge in [-0.2, -0.15) is 5.10 Å². The molecule has 2 fully saturated rings. The Labute approximate surface area is 183 Å². The predicted octanol–water partition coefficient (Wildman–Crippen LogP) is 2.35. The van der Waals surface area contributed by atoms with Gasteiger partial charge in [0, 0.05) is 49.5 Å². The number of rotatable bonds is 4. The fourth-order valence-corrected chi connectivity index (χ4v) is 4.28. The number of hydrogen-bond donors (Lipinski definition) is 1. The molecule has 2 amide bonds. The van der Waals surface area contributed by atoms with Crippen LogP contribution < -0.4 is 5.56 Å². The Morgan fingerprint density at radius 2 is 1.69 bits per heavy atom. The minimum absolute atomic E-state index is 0.159. The smallest absolute Gasteiger partial charge is 0.272 e. The van der Waals surface area contributed by atoms with Gasteiger partial charge in [0.1, 0.15) is 5.82 Å². The first kappa shape index (κ1) is 20.4. The van der Waals surface area contributed by atoms with Crippen molar-refractivity contribution in [3.63, 3.8) is 0 Å². The zero-order chi connectivity index (χ0) is 22.2. The summed E-state index contributed by atoms with van der Waals surface area (Å²) in [6.45, 7) is 1.84. The molecular weight excluding hydrogens is 411 g/mol. The molecule has 164 valence electrons. The summed E-state index contributed by atoms with van der Waals surface area (Å²) in [6, 6.07) is 11.3. The number of nitrogens with one attached hydrogen (secondary N) is 1. The molecule has 1 aliphatic heterocycles. The van der Waals surface area contributed by atoms with E-state index in [1.165, 1.54) is 12.1 Å². The first-order chi connectivity index (χ1) is 15.5. The molecule has 5 rings (SSSR count). The first-order valence-corrected chi connectivity index (χ1v) is 10.8. The predicted molar refractivity (Wildman–Crippen MR) is 117 cm³/mol. The second-order valence-corrected chi connectivity index (χ2v) is 8.42. The van der Waals surface area contributed by atoms with E-state index in [9.17, 15) is 18.8 Å². The Bertz CT molecular complexity index is 1260. The van der Waals surface area contributed by atoms with Gasteiger partial charge in [-0.25, -0.2) is 9.49 Å². The highest BCUT2D eigenvalue weighted by Gasteiger charge is 2.35. The van der Waals surface area contributed by atoms with Crippen molar-refractivity contribution in [3.8, 4) is 0 Å². The number of benzene rings is 2. The number of nitrogens with zero attached hydrogens (tertiary/aromatic N) is 3. The van der Waals surface area contributed by atoms with Crippen LogP contribution in [0.3, 0.4) is 0 Å². The van der Waals surface area contributed by atoms with E-state index in [0.717, 1.165) is 12.8 Å². The van der Waals surface area contributed by atoms with Crippen LogP contribution in [0.5, 0.6) is 0 Å². The minimum atomic E-state index is -0.487. The first-order valence-electron chi connectivity index (χ1n) is 10.8. The van der Waals surface area contributed by atoms with Crippen LogP contribution in [0.4, 0.5) is 4.39 Å². The van der Waals surface area contributed by atoms with E-state index in [4.69, 9.17) is 0 Å². The molecule has 8 heteroatoms. The SMILES string of the molecule is O=C(c1cc(F)ccc1Cc1n[nH]c(=O)c2ccccc12)N1CCN(C(=O)C2CC2)CC1. The van der Waals surface area contributed by atoms with Crippen LogP contribution >= 0.6 is 0 Å². The molecule has 32 heavy (non-hydrogen) atoms. The summed E-state index contributed by atoms with van der Waals surface area (Å²) >= 11 is 0. The number of hydrogen-bond acceptors (Lipinski definition) is 4. The van der Waals surface area contributed by atoms with Crippen molar-refractivity contribution in [2.45, 2.75) is 19.3 Å². The minimum Gasteiger partial charge on any atom is -0.339 e. The lowest BCUT2D eigenvalue weighted by molar-refractivity contribution is -0.134. The average molecular weight is 434 g/mol. The highest BCUT2D eigenvalue weighted by molar-refractivity contribution is 5.96. The van der Waals surface area contributed by atoms with Crippen molar-refractivity contribution >= 4 is 22.6 Å². The number of carbonyl (C=O) groups is 2. The van der Waals surface area contributed by atoms with Gasteiger partial charge in [-0.1, -0.05) is 24.3 Å². The van der Waals surface area contributed by atoms with Crippen molar-refractivity contribution in [2.75, 3.05) is 26.2 Å². The zero-order valence-electron chi connectivity index (χ0n) is 17.5. The zero-order valence-corrected chi connectivity index (χ0v) is 17.5. The van der Waals surface area contributed by atoms with E-state index in [1.54, 1.807) is 23.1 Å². The number of amides is 2. The van der Waals surface area contributed by atoms with E-state index in [-0.39, 0.29) is 35.3 Å². The molecule has 0 unspecified atom stereocenters. The molecule has 3 aromatic rings. The lowest BCUT2D eigenvalue weighted by atomic mass is 9.98. The normalized spacial score (nSPS) is 16.4. The quantitative estimate of drug-likeness (QED) is 0.683. The Balaban J connectivity index is 1.39. The molecule has 1 aliphatic carbocycles. The fourth-order valence-electron chi connectivity index (χ4n) is 4.28. The second-order valence-electron chi connectivity index (χ2n) is 8.42. The Hall–Kier alpha value is -3.55. The van der Waals surface area contributed by atoms with E-state index < -0.39 is 5.82 Å². The lowest BCUT2D eigenvalue weighted by Gasteiger charge is -2.35. The molecule has 2 aliphatic rings. The summed E-state index contributed by atoms with van der Waals surface area (Å²) in [5.41, 5.74) is 1.25. The van der Waals surface area contributed by atoms with Crippen LogP contribution in [-0.4, -0.2) is 58.0 Å². The van der Waals surface area contributed by atoms with Crippen LogP contribution in [0, 0.1) is 11.7 Å². The molecule has 1 saturated heterocycles. The fraction of sp³-hybridized carbons (Fsp3) is 0.333. The van der Waals surface area contributed by atoms with Crippen LogP contribution in [-0.2, 0) is 11.2 Å². The number of aromatic amines is 1. The van der Waals surface area contributed by atoms with E-state index in [0.29, 0.717) is 48.2 Å². The highest BCUT2D eigenvalue weighted by Crippen LogP contribution is 2.31. The number of carbonyl (C=O) groups excluding carboxylic acids is 2. The lowest BCUT2D eigenvalue weighted by Crippen LogP contribution is -2.51. The Kier molecular flexibility index (Phi) is 5.20. The summed E-state index contributed by atoms with van der Waals surface area (Å²) in [4.78, 5) is 41.1. The van der Waals surface area contributed by atoms with Crippen molar-refractivity contribution in [1.82, 2.24) is 20.0 Å². The maximum atomic E-state index is 14.1. The topological polar surface area (TPSA) is 86.4 Å². The molecule has 2 heterocycles. The van der Waals surface area contributed by atoms with Crippen LogP contribution in [0.2, 0.25) is 0 Å². The van der Waals surface area contributed by atoms with Crippen LogP contribution in [0.15, 0.2) is 47.3 Å². The van der Waals surface area contributed by atoms with Gasteiger partial charge in [-0.05, 0) is 36.6 Å². The number of piperazine rings is 1. The molecule has 1 saturated carbocycles. The van der Waals surface area contributed by atoms with Crippen molar-refractivity contribution in [2.24, 2.45) is 5.92 Å². The molecule has 0 spiro atoms. The van der Waals surface area contributed by atoms with Gasteiger partial charge >= 0.3 is 0 Å². The maximum absolute atomic E-state index is 14.1. The van der Waals surface area contributed by atoms with E-state index >= 15 is 0 Å². The van der Waals surface area contributed by atoms with Gasteiger partial charge in [0.25, 0.3) is 11.5 Å². The highest BCUT2D eigenvalue weighted by atomic mass is 19.1. The van der Waals surface area contributed by atoms with Gasteiger partial charge < -0.3 is 9.80 Å². The van der Waals surface area contributed by atoms with Gasteiger partial charge in [-0.3, -0.25) is 14.4 Å². The summed E-state index contributed by atoms with van der Waals surface area (Å²) < 4.78 is 14.1. The number of aromatic nitrogens is 2. The molecule has 1 N–H and O–H groups in total. The van der Waals surface area contributed by atoms with Gasteiger partial charge in [0.15, 0.2) is 0 Å². The average Bonchev–Trinajstić information content (AvgIpc) is 3.67. The Morgan fingerprint density at radius 1 is 1.00 bits per heavy atom. The summed E-state index contributed by atoms with van der Waals surface area (Å²) in [6.07, 6.45) is 2.19. The summed E-state index contributed by atoms with van der Waals surface area (Å²) in [7, 11) is 0. The van der Waals surface area contributed by atoms with Crippen LogP contribution in [0.25, 0.3) is 10.8 Å². The third-order valence-electron chi connectivity index (χ3n) is 6.24.